The van der Waals surface area contributed by atoms with Gasteiger partial charge in [0.1, 0.15) is 12.2 Å². The summed E-state index contributed by atoms with van der Waals surface area (Å²) in [5, 5.41) is 0. The first-order valence-electron chi connectivity index (χ1n) is 8.45. The molecule has 138 valence electrons. The molecule has 0 aliphatic carbocycles. The number of hydrogen-bond donors (Lipinski definition) is 0. The van der Waals surface area contributed by atoms with E-state index in [-0.39, 0.29) is 17.1 Å². The predicted octanol–water partition coefficient (Wildman–Crippen LogP) is 2.41. The number of aryl methyl sites for hydroxylation is 1. The van der Waals surface area contributed by atoms with Crippen LogP contribution in [0, 0.1) is 6.92 Å². The maximum atomic E-state index is 12.6. The van der Waals surface area contributed by atoms with Gasteiger partial charge in [-0.15, -0.1) is 0 Å². The van der Waals surface area contributed by atoms with Crippen LogP contribution in [0.3, 0.4) is 0 Å². The third-order valence-corrected chi connectivity index (χ3v) is 5.77. The van der Waals surface area contributed by atoms with Crippen molar-refractivity contribution in [1.29, 1.82) is 0 Å². The zero-order chi connectivity index (χ0) is 18.1. The lowest BCUT2D eigenvalue weighted by Crippen LogP contribution is -2.44. The van der Waals surface area contributed by atoms with E-state index in [0.717, 1.165) is 11.1 Å². The molecule has 0 radical (unpaired) electrons. The second kappa shape index (κ2) is 7.09. The van der Waals surface area contributed by atoms with Crippen LogP contribution in [0.1, 0.15) is 11.1 Å². The van der Waals surface area contributed by atoms with E-state index < -0.39 is 22.5 Å². The minimum absolute atomic E-state index is 0.104. The van der Waals surface area contributed by atoms with Crippen molar-refractivity contribution in [1.82, 2.24) is 0 Å². The lowest BCUT2D eigenvalue weighted by molar-refractivity contribution is -0.204. The van der Waals surface area contributed by atoms with Crippen LogP contribution in [0.4, 0.5) is 0 Å². The highest BCUT2D eigenvalue weighted by atomic mass is 32.2. The fraction of sp³-hybridized carbons (Fsp3) is 0.368. The predicted molar refractivity (Wildman–Crippen MR) is 92.9 cm³/mol. The van der Waals surface area contributed by atoms with Crippen LogP contribution >= 0.6 is 0 Å². The van der Waals surface area contributed by atoms with Crippen LogP contribution in [-0.4, -0.2) is 39.6 Å². The Morgan fingerprint density at radius 1 is 1.08 bits per heavy atom. The Morgan fingerprint density at radius 2 is 1.81 bits per heavy atom. The Kier molecular flexibility index (Phi) is 4.81. The van der Waals surface area contributed by atoms with Crippen molar-refractivity contribution >= 4 is 10.1 Å². The Balaban J connectivity index is 1.48. The van der Waals surface area contributed by atoms with Gasteiger partial charge in [0.15, 0.2) is 12.4 Å². The Labute approximate surface area is 152 Å². The maximum absolute atomic E-state index is 12.6. The molecule has 2 aliphatic heterocycles. The van der Waals surface area contributed by atoms with Gasteiger partial charge in [-0.25, -0.2) is 0 Å². The summed E-state index contributed by atoms with van der Waals surface area (Å²) in [5.74, 6) is 0. The van der Waals surface area contributed by atoms with E-state index in [4.69, 9.17) is 18.4 Å². The van der Waals surface area contributed by atoms with Gasteiger partial charge >= 0.3 is 0 Å². The number of benzene rings is 2. The van der Waals surface area contributed by atoms with Crippen LogP contribution in [0.25, 0.3) is 0 Å². The first-order chi connectivity index (χ1) is 12.5. The fourth-order valence-electron chi connectivity index (χ4n) is 2.92. The molecule has 2 aromatic rings. The second-order valence-electron chi connectivity index (χ2n) is 6.47. The molecule has 0 unspecified atom stereocenters. The highest BCUT2D eigenvalue weighted by molar-refractivity contribution is 7.86. The van der Waals surface area contributed by atoms with Crippen molar-refractivity contribution in [2.75, 3.05) is 6.61 Å². The van der Waals surface area contributed by atoms with Crippen molar-refractivity contribution in [3.05, 3.63) is 65.7 Å². The third-order valence-electron chi connectivity index (χ3n) is 4.44. The average Bonchev–Trinajstić information content (AvgIpc) is 3.42. The first-order valence-corrected chi connectivity index (χ1v) is 9.86. The minimum Gasteiger partial charge on any atom is -0.364 e. The zero-order valence-corrected chi connectivity index (χ0v) is 15.1. The molecule has 6 nitrogen and oxygen atoms in total. The molecule has 4 atom stereocenters. The van der Waals surface area contributed by atoms with Crippen LogP contribution < -0.4 is 0 Å². The van der Waals surface area contributed by atoms with Gasteiger partial charge in [-0.2, -0.15) is 8.42 Å². The minimum atomic E-state index is -3.94. The van der Waals surface area contributed by atoms with Gasteiger partial charge in [-0.05, 0) is 24.6 Å². The number of epoxide rings is 1. The highest BCUT2D eigenvalue weighted by Gasteiger charge is 2.55. The summed E-state index contributed by atoms with van der Waals surface area (Å²) < 4.78 is 47.6. The Bertz CT molecular complexity index is 849. The number of rotatable bonds is 6. The van der Waals surface area contributed by atoms with E-state index in [1.807, 2.05) is 37.3 Å². The molecular formula is C19H20O6S. The van der Waals surface area contributed by atoms with Crippen molar-refractivity contribution in [2.45, 2.75) is 43.0 Å². The lowest BCUT2D eigenvalue weighted by Gasteiger charge is -2.28. The Morgan fingerprint density at radius 3 is 2.54 bits per heavy atom. The van der Waals surface area contributed by atoms with Crippen molar-refractivity contribution in [3.8, 4) is 0 Å². The largest absolute Gasteiger partial charge is 0.364 e. The van der Waals surface area contributed by atoms with Gasteiger partial charge in [0.25, 0.3) is 10.1 Å². The van der Waals surface area contributed by atoms with E-state index in [1.165, 1.54) is 12.1 Å². The molecule has 2 saturated heterocycles. The quantitative estimate of drug-likeness (QED) is 0.569. The summed E-state index contributed by atoms with van der Waals surface area (Å²) in [6, 6.07) is 16.1. The number of ether oxygens (including phenoxy) is 3. The van der Waals surface area contributed by atoms with Crippen molar-refractivity contribution < 1.29 is 26.8 Å². The highest BCUT2D eigenvalue weighted by Crippen LogP contribution is 2.37. The molecule has 0 amide bonds. The van der Waals surface area contributed by atoms with Gasteiger partial charge in [0.2, 0.25) is 0 Å². The topological polar surface area (TPSA) is 74.4 Å². The van der Waals surface area contributed by atoms with Crippen LogP contribution in [0.15, 0.2) is 59.5 Å². The molecule has 2 heterocycles. The molecule has 0 spiro atoms. The molecule has 2 aliphatic rings. The van der Waals surface area contributed by atoms with Gasteiger partial charge in [0.05, 0.1) is 18.1 Å². The summed E-state index contributed by atoms with van der Waals surface area (Å²) >= 11 is 0. The summed E-state index contributed by atoms with van der Waals surface area (Å²) in [6.07, 6.45) is -2.10. The number of hydrogen-bond acceptors (Lipinski definition) is 6. The molecule has 4 rings (SSSR count). The van der Waals surface area contributed by atoms with E-state index in [9.17, 15) is 8.42 Å². The molecule has 2 aromatic carbocycles. The Hall–Kier alpha value is -1.77. The van der Waals surface area contributed by atoms with Crippen LogP contribution in [0.5, 0.6) is 0 Å². The van der Waals surface area contributed by atoms with Gasteiger partial charge < -0.3 is 14.2 Å². The average molecular weight is 376 g/mol. The molecule has 0 N–H and O–H groups in total. The summed E-state index contributed by atoms with van der Waals surface area (Å²) in [4.78, 5) is 0.104. The normalized spacial score (nSPS) is 27.7. The van der Waals surface area contributed by atoms with E-state index in [2.05, 4.69) is 0 Å². The lowest BCUT2D eigenvalue weighted by atomic mass is 10.1. The standard InChI is InChI=1S/C19H20O6S/c1-13-7-9-15(10-8-13)26(20,21)25-18-17-16(24-17)12-23-19(18)22-11-14-5-3-2-4-6-14/h2-10,16-19H,11-12H2,1H3/t16-,17-,18+,19-/m0/s1. The van der Waals surface area contributed by atoms with Crippen LogP contribution in [-0.2, 0) is 35.1 Å². The monoisotopic (exact) mass is 376 g/mol. The van der Waals surface area contributed by atoms with Gasteiger partial charge in [-0.3, -0.25) is 4.18 Å². The SMILES string of the molecule is Cc1ccc(S(=O)(=O)O[C@H]2[C@@H](OCc3ccccc3)OC[C@@H]3O[C@H]23)cc1. The molecule has 0 aromatic heterocycles. The molecule has 2 fully saturated rings. The summed E-state index contributed by atoms with van der Waals surface area (Å²) in [6.45, 7) is 2.56. The maximum Gasteiger partial charge on any atom is 0.297 e. The summed E-state index contributed by atoms with van der Waals surface area (Å²) in [7, 11) is -3.94. The van der Waals surface area contributed by atoms with Crippen molar-refractivity contribution in [2.24, 2.45) is 0 Å². The number of fused-ring (bicyclic) bond motifs is 1. The van der Waals surface area contributed by atoms with E-state index in [1.54, 1.807) is 12.1 Å². The van der Waals surface area contributed by atoms with Crippen LogP contribution in [0.2, 0.25) is 0 Å². The smallest absolute Gasteiger partial charge is 0.297 e. The van der Waals surface area contributed by atoms with E-state index in [0.29, 0.717) is 13.2 Å². The molecule has 0 bridgehead atoms. The molecule has 7 heteroatoms. The van der Waals surface area contributed by atoms with Gasteiger partial charge in [0, 0.05) is 0 Å². The zero-order valence-electron chi connectivity index (χ0n) is 14.3. The second-order valence-corrected chi connectivity index (χ2v) is 8.04. The van der Waals surface area contributed by atoms with Gasteiger partial charge in [-0.1, -0.05) is 48.0 Å². The van der Waals surface area contributed by atoms with E-state index >= 15 is 0 Å². The molecule has 26 heavy (non-hydrogen) atoms. The first kappa shape index (κ1) is 17.6. The molecular weight excluding hydrogens is 356 g/mol. The molecule has 0 saturated carbocycles. The van der Waals surface area contributed by atoms with Crippen molar-refractivity contribution in [3.63, 3.8) is 0 Å². The third kappa shape index (κ3) is 3.82. The fourth-order valence-corrected chi connectivity index (χ4v) is 3.99. The summed E-state index contributed by atoms with van der Waals surface area (Å²) in [5.41, 5.74) is 1.94.